The van der Waals surface area contributed by atoms with Crippen molar-refractivity contribution in [3.63, 3.8) is 0 Å². The number of allylic oxidation sites excluding steroid dienone is 1. The van der Waals surface area contributed by atoms with Crippen molar-refractivity contribution in [3.05, 3.63) is 71.2 Å². The van der Waals surface area contributed by atoms with Crippen LogP contribution in [0.1, 0.15) is 32.1 Å². The van der Waals surface area contributed by atoms with Crippen molar-refractivity contribution in [2.45, 2.75) is 32.1 Å². The first kappa shape index (κ1) is 13.7. The van der Waals surface area contributed by atoms with Gasteiger partial charge in [0.25, 0.3) is 0 Å². The van der Waals surface area contributed by atoms with E-state index < -0.39 is 13.9 Å². The minimum absolute atomic E-state index is 1.03. The Kier molecular flexibility index (Phi) is 4.73. The Morgan fingerprint density at radius 1 is 0.650 bits per heavy atom. The van der Waals surface area contributed by atoms with Gasteiger partial charge in [0, 0.05) is 0 Å². The van der Waals surface area contributed by atoms with Crippen LogP contribution in [0.3, 0.4) is 0 Å². The molecule has 20 heavy (non-hydrogen) atoms. The summed E-state index contributed by atoms with van der Waals surface area (Å²) in [6, 6.07) is 22.1. The predicted molar refractivity (Wildman–Crippen MR) is 89.1 cm³/mol. The second kappa shape index (κ2) is 6.92. The molecule has 0 atom stereocenters. The van der Waals surface area contributed by atoms with E-state index in [1.54, 1.807) is 5.57 Å². The number of hydrogen-bond acceptors (Lipinski definition) is 0. The average Bonchev–Trinajstić information content (AvgIpc) is 2.55. The van der Waals surface area contributed by atoms with Crippen LogP contribution < -0.4 is 8.92 Å². The summed E-state index contributed by atoms with van der Waals surface area (Å²) >= 11 is -1.03. The molecule has 0 nitrogen and oxygen atoms in total. The average molecular weight is 328 g/mol. The molecule has 0 amide bonds. The van der Waals surface area contributed by atoms with Crippen LogP contribution in [0, 0.1) is 0 Å². The molecule has 0 bridgehead atoms. The molecule has 1 saturated carbocycles. The predicted octanol–water partition coefficient (Wildman–Crippen LogP) is 3.73. The molecule has 2 aromatic rings. The van der Waals surface area contributed by atoms with Crippen LogP contribution in [0.5, 0.6) is 0 Å². The van der Waals surface area contributed by atoms with Crippen molar-refractivity contribution < 1.29 is 0 Å². The van der Waals surface area contributed by atoms with Crippen LogP contribution in [-0.2, 0) is 0 Å². The molecule has 0 unspecified atom stereocenters. The van der Waals surface area contributed by atoms with Crippen molar-refractivity contribution in [1.82, 2.24) is 0 Å². The van der Waals surface area contributed by atoms with Crippen molar-refractivity contribution in [3.8, 4) is 0 Å². The molecule has 0 heterocycles. The van der Waals surface area contributed by atoms with Gasteiger partial charge in [-0.2, -0.15) is 0 Å². The summed E-state index contributed by atoms with van der Waals surface area (Å²) in [7, 11) is 0. The van der Waals surface area contributed by atoms with Gasteiger partial charge in [0.05, 0.1) is 0 Å². The van der Waals surface area contributed by atoms with Crippen molar-refractivity contribution in [2.75, 3.05) is 0 Å². The molecule has 1 heteroatoms. The van der Waals surface area contributed by atoms with Gasteiger partial charge in [-0.15, -0.1) is 0 Å². The van der Waals surface area contributed by atoms with Crippen LogP contribution in [0.15, 0.2) is 71.2 Å². The van der Waals surface area contributed by atoms with E-state index in [4.69, 9.17) is 0 Å². The van der Waals surface area contributed by atoms with E-state index in [9.17, 15) is 0 Å². The molecular weight excluding hydrogens is 307 g/mol. The van der Waals surface area contributed by atoms with Gasteiger partial charge in [-0.1, -0.05) is 0 Å². The first-order chi connectivity index (χ1) is 9.93. The zero-order valence-corrected chi connectivity index (χ0v) is 13.5. The summed E-state index contributed by atoms with van der Waals surface area (Å²) in [5.74, 6) is 0. The summed E-state index contributed by atoms with van der Waals surface area (Å²) in [5.41, 5.74) is 1.70. The molecular formula is C19H21Se+. The topological polar surface area (TPSA) is 0 Å². The molecule has 0 aromatic heterocycles. The van der Waals surface area contributed by atoms with E-state index in [2.05, 4.69) is 65.6 Å². The Morgan fingerprint density at radius 3 is 1.65 bits per heavy atom. The molecule has 1 aliphatic carbocycles. The fourth-order valence-electron chi connectivity index (χ4n) is 2.70. The number of rotatable bonds is 3. The zero-order valence-electron chi connectivity index (χ0n) is 11.8. The number of benzene rings is 2. The molecule has 0 spiro atoms. The maximum absolute atomic E-state index is 2.64. The minimum atomic E-state index is -1.03. The van der Waals surface area contributed by atoms with Gasteiger partial charge in [0.2, 0.25) is 0 Å². The quantitative estimate of drug-likeness (QED) is 0.753. The molecule has 0 N–H and O–H groups in total. The Labute approximate surface area is 126 Å². The molecule has 0 radical (unpaired) electrons. The van der Waals surface area contributed by atoms with E-state index >= 15 is 0 Å². The van der Waals surface area contributed by atoms with Crippen molar-refractivity contribution in [1.29, 1.82) is 0 Å². The third-order valence-electron chi connectivity index (χ3n) is 3.77. The SMILES string of the molecule is C(=C1CCCCC1)[Se+](c1ccccc1)c1ccccc1. The molecule has 1 fully saturated rings. The molecule has 102 valence electrons. The Bertz CT molecular complexity index is 509. The first-order valence-corrected chi connectivity index (χ1v) is 10.2. The molecule has 0 saturated heterocycles. The fourth-order valence-corrected chi connectivity index (χ4v) is 6.92. The molecule has 2 aromatic carbocycles. The normalized spacial score (nSPS) is 15.3. The Balaban J connectivity index is 1.95. The Morgan fingerprint density at radius 2 is 1.15 bits per heavy atom. The van der Waals surface area contributed by atoms with Crippen LogP contribution in [0.4, 0.5) is 0 Å². The van der Waals surface area contributed by atoms with Gasteiger partial charge in [-0.3, -0.25) is 0 Å². The van der Waals surface area contributed by atoms with Crippen LogP contribution in [0.2, 0.25) is 0 Å². The summed E-state index contributed by atoms with van der Waals surface area (Å²) in [6.45, 7) is 0. The van der Waals surface area contributed by atoms with Crippen LogP contribution in [-0.4, -0.2) is 13.9 Å². The summed E-state index contributed by atoms with van der Waals surface area (Å²) in [4.78, 5) is 2.64. The third kappa shape index (κ3) is 3.42. The van der Waals surface area contributed by atoms with Gasteiger partial charge in [0.1, 0.15) is 0 Å². The van der Waals surface area contributed by atoms with E-state index in [0.717, 1.165) is 0 Å². The zero-order chi connectivity index (χ0) is 13.6. The number of hydrogen-bond donors (Lipinski definition) is 0. The Hall–Kier alpha value is -1.30. The van der Waals surface area contributed by atoms with E-state index in [1.807, 2.05) is 0 Å². The van der Waals surface area contributed by atoms with Gasteiger partial charge >= 0.3 is 126 Å². The van der Waals surface area contributed by atoms with Crippen LogP contribution in [0.25, 0.3) is 0 Å². The monoisotopic (exact) mass is 329 g/mol. The van der Waals surface area contributed by atoms with E-state index in [1.165, 1.54) is 41.0 Å². The molecule has 1 aliphatic rings. The third-order valence-corrected chi connectivity index (χ3v) is 8.24. The van der Waals surface area contributed by atoms with Gasteiger partial charge < -0.3 is 0 Å². The first-order valence-electron chi connectivity index (χ1n) is 7.46. The van der Waals surface area contributed by atoms with Gasteiger partial charge in [-0.05, 0) is 0 Å². The summed E-state index contributed by atoms with van der Waals surface area (Å²) in [5, 5.41) is 0. The fraction of sp³-hybridized carbons (Fsp3) is 0.263. The van der Waals surface area contributed by atoms with Gasteiger partial charge in [-0.25, -0.2) is 0 Å². The van der Waals surface area contributed by atoms with Crippen LogP contribution >= 0.6 is 0 Å². The second-order valence-corrected chi connectivity index (χ2v) is 9.19. The second-order valence-electron chi connectivity index (χ2n) is 5.30. The maximum atomic E-state index is 2.64. The standard InChI is InChI=1S/C19H21Se/c1-4-10-17(11-5-1)16-20(18-12-6-2-7-13-18)19-14-8-3-9-15-19/h2-3,6-9,12-16H,1,4-5,10-11H2/q+1. The van der Waals surface area contributed by atoms with E-state index in [0.29, 0.717) is 0 Å². The molecule has 3 rings (SSSR count). The van der Waals surface area contributed by atoms with Crippen molar-refractivity contribution >= 4 is 22.8 Å². The van der Waals surface area contributed by atoms with Gasteiger partial charge in [0.15, 0.2) is 0 Å². The summed E-state index contributed by atoms with van der Waals surface area (Å²) < 4.78 is 3.05. The van der Waals surface area contributed by atoms with E-state index in [-0.39, 0.29) is 0 Å². The summed E-state index contributed by atoms with van der Waals surface area (Å²) in [6.07, 6.45) is 6.82. The van der Waals surface area contributed by atoms with Crippen molar-refractivity contribution in [2.24, 2.45) is 0 Å². The molecule has 0 aliphatic heterocycles.